The van der Waals surface area contributed by atoms with E-state index in [0.717, 1.165) is 5.52 Å². The first kappa shape index (κ1) is 7.12. The molecule has 0 aliphatic heterocycles. The maximum Gasteiger partial charge on any atom is 0.178 e. The van der Waals surface area contributed by atoms with Crippen molar-refractivity contribution in [3.8, 4) is 0 Å². The SMILES string of the molecule is OCc1ccc2nccnc2n1. The molecule has 1 N–H and O–H groups in total. The molecule has 2 heterocycles. The molecule has 0 amide bonds. The molecule has 0 atom stereocenters. The Morgan fingerprint density at radius 2 is 2.00 bits per heavy atom. The first-order valence-corrected chi connectivity index (χ1v) is 3.57. The van der Waals surface area contributed by atoms with Crippen molar-refractivity contribution in [1.82, 2.24) is 15.0 Å². The Morgan fingerprint density at radius 3 is 2.83 bits per heavy atom. The minimum absolute atomic E-state index is 0.0630. The molecule has 0 fully saturated rings. The van der Waals surface area contributed by atoms with E-state index in [-0.39, 0.29) is 6.61 Å². The van der Waals surface area contributed by atoms with Gasteiger partial charge in [-0.15, -0.1) is 0 Å². The fraction of sp³-hybridized carbons (Fsp3) is 0.125. The summed E-state index contributed by atoms with van der Waals surface area (Å²) in [7, 11) is 0. The Morgan fingerprint density at radius 1 is 1.17 bits per heavy atom. The Labute approximate surface area is 68.9 Å². The number of fused-ring (bicyclic) bond motifs is 1. The molecule has 2 aromatic rings. The third kappa shape index (κ3) is 1.12. The average molecular weight is 161 g/mol. The van der Waals surface area contributed by atoms with Gasteiger partial charge in [-0.2, -0.15) is 0 Å². The molecular weight excluding hydrogens is 154 g/mol. The van der Waals surface area contributed by atoms with E-state index in [2.05, 4.69) is 15.0 Å². The second kappa shape index (κ2) is 2.83. The molecule has 0 aliphatic rings. The fourth-order valence-corrected chi connectivity index (χ4v) is 0.982. The van der Waals surface area contributed by atoms with Gasteiger partial charge in [0.05, 0.1) is 12.3 Å². The lowest BCUT2D eigenvalue weighted by atomic mass is 10.3. The van der Waals surface area contributed by atoms with Crippen LogP contribution in [-0.2, 0) is 6.61 Å². The van der Waals surface area contributed by atoms with Crippen LogP contribution < -0.4 is 0 Å². The van der Waals surface area contributed by atoms with Crippen LogP contribution in [-0.4, -0.2) is 20.1 Å². The lowest BCUT2D eigenvalue weighted by molar-refractivity contribution is 0.277. The zero-order valence-corrected chi connectivity index (χ0v) is 6.31. The summed E-state index contributed by atoms with van der Waals surface area (Å²) in [6.07, 6.45) is 3.19. The molecule has 0 unspecified atom stereocenters. The van der Waals surface area contributed by atoms with Crippen molar-refractivity contribution in [3.63, 3.8) is 0 Å². The van der Waals surface area contributed by atoms with Crippen LogP contribution in [0.4, 0.5) is 0 Å². The van der Waals surface area contributed by atoms with Crippen molar-refractivity contribution in [2.24, 2.45) is 0 Å². The summed E-state index contributed by atoms with van der Waals surface area (Å²) in [6, 6.07) is 3.53. The van der Waals surface area contributed by atoms with Gasteiger partial charge in [-0.1, -0.05) is 0 Å². The van der Waals surface area contributed by atoms with Crippen LogP contribution >= 0.6 is 0 Å². The number of nitrogens with zero attached hydrogens (tertiary/aromatic N) is 3. The summed E-state index contributed by atoms with van der Waals surface area (Å²) in [5, 5.41) is 8.79. The molecule has 2 aromatic heterocycles. The Hall–Kier alpha value is -1.55. The molecule has 0 spiro atoms. The van der Waals surface area contributed by atoms with Crippen LogP contribution in [0.25, 0.3) is 11.2 Å². The van der Waals surface area contributed by atoms with E-state index in [1.165, 1.54) is 0 Å². The highest BCUT2D eigenvalue weighted by Crippen LogP contribution is 2.05. The molecule has 0 saturated carbocycles. The number of aromatic nitrogens is 3. The Balaban J connectivity index is 2.67. The molecule has 0 aromatic carbocycles. The fourth-order valence-electron chi connectivity index (χ4n) is 0.982. The van der Waals surface area contributed by atoms with E-state index in [1.807, 2.05) is 0 Å². The largest absolute Gasteiger partial charge is 0.390 e. The highest BCUT2D eigenvalue weighted by Gasteiger charge is 1.97. The van der Waals surface area contributed by atoms with Crippen molar-refractivity contribution < 1.29 is 5.11 Å². The third-order valence-electron chi connectivity index (χ3n) is 1.55. The normalized spacial score (nSPS) is 10.4. The monoisotopic (exact) mass is 161 g/mol. The molecule has 4 nitrogen and oxygen atoms in total. The summed E-state index contributed by atoms with van der Waals surface area (Å²) in [5.74, 6) is 0. The average Bonchev–Trinajstić information content (AvgIpc) is 2.17. The van der Waals surface area contributed by atoms with Crippen LogP contribution in [0.5, 0.6) is 0 Å². The molecule has 60 valence electrons. The smallest absolute Gasteiger partial charge is 0.178 e. The van der Waals surface area contributed by atoms with E-state index < -0.39 is 0 Å². The van der Waals surface area contributed by atoms with E-state index in [0.29, 0.717) is 11.3 Å². The van der Waals surface area contributed by atoms with Gasteiger partial charge in [0, 0.05) is 12.4 Å². The summed E-state index contributed by atoms with van der Waals surface area (Å²) < 4.78 is 0. The van der Waals surface area contributed by atoms with Gasteiger partial charge in [0.25, 0.3) is 0 Å². The molecule has 2 rings (SSSR count). The predicted octanol–water partition coefficient (Wildman–Crippen LogP) is 0.517. The molecule has 4 heteroatoms. The standard InChI is InChI=1S/C8H7N3O/c12-5-6-1-2-7-8(11-6)10-4-3-9-7/h1-4,12H,5H2. The van der Waals surface area contributed by atoms with Crippen molar-refractivity contribution in [2.75, 3.05) is 0 Å². The number of pyridine rings is 1. The molecule has 12 heavy (non-hydrogen) atoms. The van der Waals surface area contributed by atoms with E-state index in [9.17, 15) is 0 Å². The maximum absolute atomic E-state index is 8.79. The molecule has 0 saturated heterocycles. The van der Waals surface area contributed by atoms with Gasteiger partial charge in [0.15, 0.2) is 5.65 Å². The highest BCUT2D eigenvalue weighted by atomic mass is 16.3. The van der Waals surface area contributed by atoms with Crippen LogP contribution in [0.2, 0.25) is 0 Å². The van der Waals surface area contributed by atoms with Crippen molar-refractivity contribution in [1.29, 1.82) is 0 Å². The van der Waals surface area contributed by atoms with Crippen LogP contribution in [0.15, 0.2) is 24.5 Å². The summed E-state index contributed by atoms with van der Waals surface area (Å²) in [6.45, 7) is -0.0630. The van der Waals surface area contributed by atoms with Crippen LogP contribution in [0.1, 0.15) is 5.69 Å². The first-order chi connectivity index (χ1) is 5.90. The lowest BCUT2D eigenvalue weighted by Crippen LogP contribution is -1.92. The van der Waals surface area contributed by atoms with E-state index in [1.54, 1.807) is 24.5 Å². The molecule has 0 radical (unpaired) electrons. The quantitative estimate of drug-likeness (QED) is 0.662. The number of aliphatic hydroxyl groups is 1. The molecule has 0 aliphatic carbocycles. The maximum atomic E-state index is 8.79. The summed E-state index contributed by atoms with van der Waals surface area (Å²) in [5.41, 5.74) is 1.93. The van der Waals surface area contributed by atoms with Gasteiger partial charge in [-0.05, 0) is 12.1 Å². The van der Waals surface area contributed by atoms with Gasteiger partial charge >= 0.3 is 0 Å². The number of aliphatic hydroxyl groups excluding tert-OH is 1. The molecule has 0 bridgehead atoms. The number of hydrogen-bond donors (Lipinski definition) is 1. The topological polar surface area (TPSA) is 58.9 Å². The lowest BCUT2D eigenvalue weighted by Gasteiger charge is -1.96. The Bertz CT molecular complexity index is 402. The van der Waals surface area contributed by atoms with Crippen LogP contribution in [0.3, 0.4) is 0 Å². The van der Waals surface area contributed by atoms with Gasteiger partial charge in [0.2, 0.25) is 0 Å². The number of hydrogen-bond acceptors (Lipinski definition) is 4. The summed E-state index contributed by atoms with van der Waals surface area (Å²) >= 11 is 0. The number of rotatable bonds is 1. The van der Waals surface area contributed by atoms with E-state index >= 15 is 0 Å². The third-order valence-corrected chi connectivity index (χ3v) is 1.55. The predicted molar refractivity (Wildman–Crippen MR) is 43.3 cm³/mol. The first-order valence-electron chi connectivity index (χ1n) is 3.57. The second-order valence-corrected chi connectivity index (χ2v) is 2.36. The van der Waals surface area contributed by atoms with Gasteiger partial charge < -0.3 is 5.11 Å². The minimum Gasteiger partial charge on any atom is -0.390 e. The zero-order chi connectivity index (χ0) is 8.39. The van der Waals surface area contributed by atoms with E-state index in [4.69, 9.17) is 5.11 Å². The minimum atomic E-state index is -0.0630. The highest BCUT2D eigenvalue weighted by molar-refractivity contribution is 5.68. The van der Waals surface area contributed by atoms with Crippen molar-refractivity contribution in [2.45, 2.75) is 6.61 Å². The van der Waals surface area contributed by atoms with Gasteiger partial charge in [0.1, 0.15) is 5.52 Å². The molecular formula is C8H7N3O. The Kier molecular flexibility index (Phi) is 1.68. The van der Waals surface area contributed by atoms with Gasteiger partial charge in [-0.25, -0.2) is 9.97 Å². The van der Waals surface area contributed by atoms with Crippen molar-refractivity contribution in [3.05, 3.63) is 30.2 Å². The second-order valence-electron chi connectivity index (χ2n) is 2.36. The van der Waals surface area contributed by atoms with Gasteiger partial charge in [-0.3, -0.25) is 4.98 Å². The van der Waals surface area contributed by atoms with Crippen molar-refractivity contribution >= 4 is 11.2 Å². The summed E-state index contributed by atoms with van der Waals surface area (Å²) in [4.78, 5) is 12.1. The van der Waals surface area contributed by atoms with Crippen LogP contribution in [0, 0.1) is 0 Å². The zero-order valence-electron chi connectivity index (χ0n) is 6.31.